The predicted octanol–water partition coefficient (Wildman–Crippen LogP) is 4.93. The van der Waals surface area contributed by atoms with Crippen molar-refractivity contribution >= 4 is 33.7 Å². The van der Waals surface area contributed by atoms with Crippen molar-refractivity contribution in [3.05, 3.63) is 87.6 Å². The molecule has 1 aliphatic heterocycles. The first-order valence-electron chi connectivity index (χ1n) is 10.6. The van der Waals surface area contributed by atoms with Crippen molar-refractivity contribution in [2.24, 2.45) is 5.92 Å². The Morgan fingerprint density at radius 2 is 1.97 bits per heavy atom. The molecule has 2 heterocycles. The van der Waals surface area contributed by atoms with Crippen LogP contribution in [0.15, 0.2) is 54.4 Å². The Morgan fingerprint density at radius 1 is 1.21 bits per heavy atom. The Morgan fingerprint density at radius 3 is 2.64 bits per heavy atom. The van der Waals surface area contributed by atoms with E-state index in [0.717, 1.165) is 4.88 Å². The number of carbonyl (C=O) groups excluding carboxylic acids is 2. The third-order valence-electron chi connectivity index (χ3n) is 6.11. The Hall–Kier alpha value is -3.39. The van der Waals surface area contributed by atoms with Gasteiger partial charge in [0.25, 0.3) is 5.91 Å². The summed E-state index contributed by atoms with van der Waals surface area (Å²) in [6, 6.07) is 9.91. The van der Waals surface area contributed by atoms with Gasteiger partial charge in [-0.3, -0.25) is 9.59 Å². The van der Waals surface area contributed by atoms with E-state index in [1.165, 1.54) is 29.5 Å². The maximum atomic E-state index is 14.8. The summed E-state index contributed by atoms with van der Waals surface area (Å²) < 4.78 is 28.7. The summed E-state index contributed by atoms with van der Waals surface area (Å²) in [7, 11) is 0. The monoisotopic (exact) mass is 465 g/mol. The zero-order valence-electron chi connectivity index (χ0n) is 18.1. The van der Waals surface area contributed by atoms with Gasteiger partial charge >= 0.3 is 0 Å². The van der Waals surface area contributed by atoms with E-state index in [-0.39, 0.29) is 12.3 Å². The maximum Gasteiger partial charge on any atom is 0.254 e. The molecule has 1 saturated carbocycles. The van der Waals surface area contributed by atoms with Gasteiger partial charge in [-0.1, -0.05) is 24.3 Å². The van der Waals surface area contributed by atoms with Crippen molar-refractivity contribution in [2.45, 2.75) is 32.9 Å². The van der Waals surface area contributed by atoms with Gasteiger partial charge in [0.05, 0.1) is 18.2 Å². The molecule has 1 amide bonds. The number of anilines is 1. The third kappa shape index (κ3) is 3.95. The molecule has 1 aliphatic carbocycles. The Bertz CT molecular complexity index is 1320. The van der Waals surface area contributed by atoms with Crippen LogP contribution in [0.4, 0.5) is 13.9 Å². The lowest BCUT2D eigenvalue weighted by Crippen LogP contribution is -2.36. The van der Waals surface area contributed by atoms with Gasteiger partial charge in [0, 0.05) is 34.7 Å². The molecular weight excluding hydrogens is 444 g/mol. The number of ketones is 1. The van der Waals surface area contributed by atoms with Crippen LogP contribution in [-0.2, 0) is 16.1 Å². The second kappa shape index (κ2) is 8.19. The molecule has 3 aromatic rings. The van der Waals surface area contributed by atoms with Gasteiger partial charge in [-0.05, 0) is 43.2 Å². The summed E-state index contributed by atoms with van der Waals surface area (Å²) in [5.74, 6) is -1.66. The molecule has 1 fully saturated rings. The smallest absolute Gasteiger partial charge is 0.254 e. The van der Waals surface area contributed by atoms with Crippen LogP contribution < -0.4 is 10.2 Å². The number of aryl methyl sites for hydroxylation is 1. The average molecular weight is 466 g/mol. The number of halogens is 2. The van der Waals surface area contributed by atoms with Crippen molar-refractivity contribution in [1.29, 1.82) is 0 Å². The van der Waals surface area contributed by atoms with Crippen LogP contribution in [0.2, 0.25) is 0 Å². The van der Waals surface area contributed by atoms with E-state index in [0.29, 0.717) is 39.5 Å². The quantitative estimate of drug-likeness (QED) is 0.581. The lowest BCUT2D eigenvalue weighted by atomic mass is 9.92. The second-order valence-electron chi connectivity index (χ2n) is 8.35. The largest absolute Gasteiger partial charge is 0.344 e. The average Bonchev–Trinajstić information content (AvgIpc) is 3.34. The number of aromatic nitrogens is 1. The molecule has 2 aromatic carbocycles. The summed E-state index contributed by atoms with van der Waals surface area (Å²) in [4.78, 5) is 32.9. The van der Waals surface area contributed by atoms with E-state index in [1.54, 1.807) is 37.4 Å². The Labute approximate surface area is 193 Å². The molecule has 1 N–H and O–H groups in total. The van der Waals surface area contributed by atoms with Crippen molar-refractivity contribution in [1.82, 2.24) is 10.3 Å². The van der Waals surface area contributed by atoms with Crippen LogP contribution in [0.5, 0.6) is 0 Å². The number of allylic oxidation sites excluding steroid dienone is 1. The van der Waals surface area contributed by atoms with Crippen molar-refractivity contribution in [3.63, 3.8) is 0 Å². The molecule has 0 saturated heterocycles. The minimum absolute atomic E-state index is 0.0187. The zero-order valence-corrected chi connectivity index (χ0v) is 18.9. The van der Waals surface area contributed by atoms with E-state index in [9.17, 15) is 18.4 Å². The first-order valence-corrected chi connectivity index (χ1v) is 11.4. The molecule has 168 valence electrons. The highest BCUT2D eigenvalue weighted by molar-refractivity contribution is 7.15. The molecule has 1 aromatic heterocycles. The molecule has 8 heteroatoms. The van der Waals surface area contributed by atoms with E-state index >= 15 is 0 Å². The van der Waals surface area contributed by atoms with Crippen molar-refractivity contribution in [2.75, 3.05) is 4.90 Å². The molecule has 2 atom stereocenters. The molecule has 1 unspecified atom stereocenters. The Balaban J connectivity index is 1.57. The topological polar surface area (TPSA) is 62.3 Å². The molecule has 5 nitrogen and oxygen atoms in total. The van der Waals surface area contributed by atoms with Crippen LogP contribution in [0.25, 0.3) is 5.57 Å². The lowest BCUT2D eigenvalue weighted by Gasteiger charge is -2.32. The second-order valence-corrected chi connectivity index (χ2v) is 9.56. The van der Waals surface area contributed by atoms with Gasteiger partial charge in [0.15, 0.2) is 5.13 Å². The predicted molar refractivity (Wildman–Crippen MR) is 122 cm³/mol. The summed E-state index contributed by atoms with van der Waals surface area (Å²) in [6.07, 6.45) is 2.07. The molecule has 5 rings (SSSR count). The van der Waals surface area contributed by atoms with E-state index in [4.69, 9.17) is 0 Å². The number of thiazole rings is 1. The summed E-state index contributed by atoms with van der Waals surface area (Å²) >= 11 is 1.46. The fourth-order valence-electron chi connectivity index (χ4n) is 4.32. The molecule has 2 aliphatic rings. The van der Waals surface area contributed by atoms with Crippen LogP contribution in [0.1, 0.15) is 41.0 Å². The first-order chi connectivity index (χ1) is 15.8. The fourth-order valence-corrected chi connectivity index (χ4v) is 5.13. The number of hydrogen-bond donors (Lipinski definition) is 1. The van der Waals surface area contributed by atoms with Gasteiger partial charge in [-0.2, -0.15) is 0 Å². The number of fused-ring (bicyclic) bond motifs is 1. The SMILES string of the molecule is CC1=C(C(=O)N[C@H](c2cccc(F)c2)C2CC2=O)c2cccc(F)c2CN1c1ncc(C)s1. The number of amides is 1. The number of nitrogens with one attached hydrogen (secondary N) is 1. The van der Waals surface area contributed by atoms with Crippen molar-refractivity contribution in [3.8, 4) is 0 Å². The van der Waals surface area contributed by atoms with E-state index in [2.05, 4.69) is 10.3 Å². The molecule has 0 spiro atoms. The molecule has 0 bridgehead atoms. The van der Waals surface area contributed by atoms with Gasteiger partial charge < -0.3 is 10.2 Å². The number of benzene rings is 2. The molecule has 0 radical (unpaired) electrons. The van der Waals surface area contributed by atoms with Crippen LogP contribution in [-0.4, -0.2) is 16.7 Å². The van der Waals surface area contributed by atoms with Gasteiger partial charge in [-0.15, -0.1) is 11.3 Å². The van der Waals surface area contributed by atoms with E-state index < -0.39 is 29.5 Å². The minimum Gasteiger partial charge on any atom is -0.344 e. The zero-order chi connectivity index (χ0) is 23.3. The third-order valence-corrected chi connectivity index (χ3v) is 7.05. The maximum absolute atomic E-state index is 14.8. The Kier molecular flexibility index (Phi) is 5.32. The normalized spacial score (nSPS) is 18.2. The minimum atomic E-state index is -0.657. The first kappa shape index (κ1) is 21.5. The van der Waals surface area contributed by atoms with Crippen LogP contribution in [0.3, 0.4) is 0 Å². The number of nitrogens with zero attached hydrogens (tertiary/aromatic N) is 2. The van der Waals surface area contributed by atoms with Crippen LogP contribution >= 0.6 is 11.3 Å². The van der Waals surface area contributed by atoms with E-state index in [1.807, 2.05) is 11.8 Å². The van der Waals surface area contributed by atoms with Crippen molar-refractivity contribution < 1.29 is 18.4 Å². The highest BCUT2D eigenvalue weighted by atomic mass is 32.1. The van der Waals surface area contributed by atoms with Gasteiger partial charge in [0.2, 0.25) is 0 Å². The van der Waals surface area contributed by atoms with Gasteiger partial charge in [0.1, 0.15) is 17.4 Å². The highest BCUT2D eigenvalue weighted by Crippen LogP contribution is 2.40. The lowest BCUT2D eigenvalue weighted by molar-refractivity contribution is -0.116. The number of carbonyl (C=O) groups is 2. The van der Waals surface area contributed by atoms with Crippen LogP contribution in [0, 0.1) is 24.5 Å². The molecule has 33 heavy (non-hydrogen) atoms. The highest BCUT2D eigenvalue weighted by Gasteiger charge is 2.44. The number of Topliss-reactive ketones (excluding diaryl/α,β-unsaturated/α-hetero) is 1. The number of hydrogen-bond acceptors (Lipinski definition) is 5. The summed E-state index contributed by atoms with van der Waals surface area (Å²) in [6.45, 7) is 3.99. The summed E-state index contributed by atoms with van der Waals surface area (Å²) in [5.41, 5.74) is 2.40. The number of rotatable bonds is 5. The fraction of sp³-hybridized carbons (Fsp3) is 0.240. The molecular formula is C25H21F2N3O2S. The summed E-state index contributed by atoms with van der Waals surface area (Å²) in [5, 5.41) is 3.61. The standard InChI is InChI=1S/C25H21F2N3O2S/c1-13-11-28-25(33-13)30-12-19-17(7-4-8-20(19)27)22(14(30)2)24(32)29-23(18-10-21(18)31)15-5-3-6-16(26)9-15/h3-9,11,18,23H,10,12H2,1-2H3,(H,29,32)/t18?,23-/m1/s1. The van der Waals surface area contributed by atoms with Gasteiger partial charge in [-0.25, -0.2) is 13.8 Å².